The summed E-state index contributed by atoms with van der Waals surface area (Å²) in [4.78, 5) is 0. The highest BCUT2D eigenvalue weighted by Gasteiger charge is 2.45. The first kappa shape index (κ1) is 17.3. The standard InChI is InChI=1S/C23H20N2OSi/c24-18-19-16-17-23(19)25-26-27(20-10-4-1-5-11-20,21-12-6-2-7-13-21)22-14-8-3-9-15-22/h1-15,19H,16-17H2/b25-23-. The SMILES string of the molecule is N#CC1CC/C1=N/O[Si](c1ccccc1)(c1ccccc1)c1ccccc1. The molecule has 0 radical (unpaired) electrons. The smallest absolute Gasteiger partial charge is 0.380 e. The van der Waals surface area contributed by atoms with Crippen molar-refractivity contribution < 1.29 is 4.53 Å². The molecule has 0 spiro atoms. The summed E-state index contributed by atoms with van der Waals surface area (Å²) in [6, 6.07) is 33.3. The lowest BCUT2D eigenvalue weighted by Crippen LogP contribution is -2.68. The van der Waals surface area contributed by atoms with Crippen LogP contribution < -0.4 is 15.6 Å². The van der Waals surface area contributed by atoms with Crippen LogP contribution in [0.3, 0.4) is 0 Å². The maximum atomic E-state index is 9.26. The first-order chi connectivity index (χ1) is 13.3. The van der Waals surface area contributed by atoms with E-state index in [1.165, 1.54) is 0 Å². The van der Waals surface area contributed by atoms with E-state index in [-0.39, 0.29) is 5.92 Å². The van der Waals surface area contributed by atoms with Gasteiger partial charge in [-0.3, -0.25) is 0 Å². The Morgan fingerprint density at radius 1 is 0.778 bits per heavy atom. The second kappa shape index (κ2) is 7.61. The van der Waals surface area contributed by atoms with Crippen LogP contribution in [0.15, 0.2) is 96.2 Å². The Morgan fingerprint density at radius 2 is 1.22 bits per heavy atom. The summed E-state index contributed by atoms with van der Waals surface area (Å²) in [5.41, 5.74) is 0.858. The molecule has 3 aromatic rings. The fourth-order valence-corrected chi connectivity index (χ4v) is 7.03. The normalized spacial score (nSPS) is 17.7. The van der Waals surface area contributed by atoms with Crippen molar-refractivity contribution in [1.82, 2.24) is 0 Å². The Kier molecular flexibility index (Phi) is 4.86. The Morgan fingerprint density at radius 3 is 1.56 bits per heavy atom. The maximum absolute atomic E-state index is 9.26. The van der Waals surface area contributed by atoms with E-state index < -0.39 is 8.32 Å². The summed E-state index contributed by atoms with van der Waals surface area (Å²) in [6.07, 6.45) is 1.70. The zero-order chi connectivity index (χ0) is 18.5. The fourth-order valence-electron chi connectivity index (χ4n) is 3.47. The molecule has 0 bridgehead atoms. The Balaban J connectivity index is 1.91. The van der Waals surface area contributed by atoms with Gasteiger partial charge in [0.05, 0.1) is 17.7 Å². The van der Waals surface area contributed by atoms with Crippen molar-refractivity contribution in [3.8, 4) is 6.07 Å². The number of rotatable bonds is 5. The van der Waals surface area contributed by atoms with Gasteiger partial charge in [0, 0.05) is 0 Å². The van der Waals surface area contributed by atoms with Gasteiger partial charge in [-0.25, -0.2) is 0 Å². The molecule has 0 aromatic heterocycles. The number of benzene rings is 3. The molecule has 3 aromatic carbocycles. The highest BCUT2D eigenvalue weighted by atomic mass is 28.4. The van der Waals surface area contributed by atoms with Crippen LogP contribution in [0, 0.1) is 17.2 Å². The van der Waals surface area contributed by atoms with Crippen molar-refractivity contribution >= 4 is 29.6 Å². The minimum atomic E-state index is -2.81. The number of hydrogen-bond donors (Lipinski definition) is 0. The van der Waals surface area contributed by atoms with Crippen molar-refractivity contribution in [2.45, 2.75) is 12.8 Å². The molecule has 0 aliphatic heterocycles. The van der Waals surface area contributed by atoms with Crippen LogP contribution in [-0.4, -0.2) is 14.0 Å². The van der Waals surface area contributed by atoms with Crippen LogP contribution in [0.1, 0.15) is 12.8 Å². The predicted molar refractivity (Wildman–Crippen MR) is 111 cm³/mol. The van der Waals surface area contributed by atoms with Gasteiger partial charge in [0.2, 0.25) is 0 Å². The third-order valence-corrected chi connectivity index (χ3v) is 8.89. The van der Waals surface area contributed by atoms with E-state index in [0.717, 1.165) is 34.1 Å². The van der Waals surface area contributed by atoms with Gasteiger partial charge in [-0.15, -0.1) is 5.16 Å². The van der Waals surface area contributed by atoms with E-state index in [2.05, 4.69) is 47.6 Å². The number of nitrogens with zero attached hydrogens (tertiary/aromatic N) is 2. The van der Waals surface area contributed by atoms with Gasteiger partial charge in [0.1, 0.15) is 0 Å². The average Bonchev–Trinajstić information content (AvgIpc) is 2.73. The van der Waals surface area contributed by atoms with Crippen LogP contribution in [0.25, 0.3) is 0 Å². The molecule has 0 heterocycles. The molecule has 27 heavy (non-hydrogen) atoms. The predicted octanol–water partition coefficient (Wildman–Crippen LogP) is 2.96. The summed E-state index contributed by atoms with van der Waals surface area (Å²) in [5.74, 6) is -0.112. The average molecular weight is 369 g/mol. The second-order valence-corrected chi connectivity index (χ2v) is 9.95. The van der Waals surface area contributed by atoms with Crippen LogP contribution in [0.5, 0.6) is 0 Å². The molecule has 1 aliphatic rings. The summed E-state index contributed by atoms with van der Waals surface area (Å²) in [6.45, 7) is 0. The van der Waals surface area contributed by atoms with E-state index in [1.807, 2.05) is 54.6 Å². The van der Waals surface area contributed by atoms with Gasteiger partial charge in [-0.1, -0.05) is 91.0 Å². The Hall–Kier alpha value is -3.16. The van der Waals surface area contributed by atoms with E-state index >= 15 is 0 Å². The molecule has 1 unspecified atom stereocenters. The number of oxime groups is 1. The molecule has 0 amide bonds. The van der Waals surface area contributed by atoms with Gasteiger partial charge in [0.25, 0.3) is 0 Å². The zero-order valence-corrected chi connectivity index (χ0v) is 16.0. The summed E-state index contributed by atoms with van der Waals surface area (Å²) >= 11 is 0. The van der Waals surface area contributed by atoms with Crippen molar-refractivity contribution in [3.63, 3.8) is 0 Å². The third kappa shape index (κ3) is 3.18. The molecule has 4 heteroatoms. The minimum Gasteiger partial charge on any atom is -0.438 e. The first-order valence-electron chi connectivity index (χ1n) is 9.16. The summed E-state index contributed by atoms with van der Waals surface area (Å²) in [7, 11) is -2.81. The van der Waals surface area contributed by atoms with Gasteiger partial charge >= 0.3 is 8.32 Å². The van der Waals surface area contributed by atoms with Crippen LogP contribution in [0.2, 0.25) is 0 Å². The minimum absolute atomic E-state index is 0.112. The van der Waals surface area contributed by atoms with E-state index in [9.17, 15) is 5.26 Å². The third-order valence-electron chi connectivity index (χ3n) is 5.09. The van der Waals surface area contributed by atoms with Crippen molar-refractivity contribution in [1.29, 1.82) is 5.26 Å². The van der Waals surface area contributed by atoms with Gasteiger partial charge in [-0.2, -0.15) is 5.26 Å². The van der Waals surface area contributed by atoms with Crippen LogP contribution in [-0.2, 0) is 4.53 Å². The molecule has 0 saturated heterocycles. The zero-order valence-electron chi connectivity index (χ0n) is 15.0. The number of hydrogen-bond acceptors (Lipinski definition) is 3. The van der Waals surface area contributed by atoms with Crippen molar-refractivity contribution in [3.05, 3.63) is 91.0 Å². The van der Waals surface area contributed by atoms with Crippen LogP contribution in [0.4, 0.5) is 0 Å². The molecule has 0 N–H and O–H groups in total. The molecule has 1 aliphatic carbocycles. The second-order valence-electron chi connectivity index (χ2n) is 6.67. The number of nitriles is 1. The lowest BCUT2D eigenvalue weighted by molar-refractivity contribution is 0.338. The Bertz CT molecular complexity index is 869. The van der Waals surface area contributed by atoms with Crippen LogP contribution >= 0.6 is 0 Å². The lowest BCUT2D eigenvalue weighted by Gasteiger charge is -2.31. The Labute approximate surface area is 160 Å². The van der Waals surface area contributed by atoms with E-state index in [1.54, 1.807) is 0 Å². The molecule has 1 atom stereocenters. The first-order valence-corrected chi connectivity index (χ1v) is 11.1. The fraction of sp³-hybridized carbons (Fsp3) is 0.130. The molecule has 132 valence electrons. The van der Waals surface area contributed by atoms with Crippen molar-refractivity contribution in [2.75, 3.05) is 0 Å². The lowest BCUT2D eigenvalue weighted by atomic mass is 9.84. The summed E-state index contributed by atoms with van der Waals surface area (Å²) < 4.78 is 6.50. The van der Waals surface area contributed by atoms with E-state index in [4.69, 9.17) is 4.53 Å². The molecule has 3 nitrogen and oxygen atoms in total. The molecular formula is C23H20N2OSi. The maximum Gasteiger partial charge on any atom is 0.380 e. The van der Waals surface area contributed by atoms with E-state index in [0.29, 0.717) is 0 Å². The molecule has 1 saturated carbocycles. The molecule has 4 rings (SSSR count). The molecular weight excluding hydrogens is 348 g/mol. The largest absolute Gasteiger partial charge is 0.438 e. The van der Waals surface area contributed by atoms with Gasteiger partial charge < -0.3 is 4.53 Å². The topological polar surface area (TPSA) is 45.4 Å². The monoisotopic (exact) mass is 368 g/mol. The highest BCUT2D eigenvalue weighted by molar-refractivity contribution is 7.07. The van der Waals surface area contributed by atoms with Gasteiger partial charge in [0.15, 0.2) is 0 Å². The van der Waals surface area contributed by atoms with Crippen molar-refractivity contribution in [2.24, 2.45) is 11.1 Å². The quantitative estimate of drug-likeness (QED) is 0.395. The molecule has 1 fully saturated rings. The highest BCUT2D eigenvalue weighted by Crippen LogP contribution is 2.24. The van der Waals surface area contributed by atoms with Gasteiger partial charge in [-0.05, 0) is 28.4 Å². The summed E-state index contributed by atoms with van der Waals surface area (Å²) in [5, 5.41) is 17.2.